The molecule has 0 aliphatic heterocycles. The molecule has 12 nitrogen and oxygen atoms in total. The molecule has 0 saturated heterocycles. The largest absolute Gasteiger partial charge is 0.480 e. The van der Waals surface area contributed by atoms with Gasteiger partial charge in [-0.15, -0.1) is 0 Å². The van der Waals surface area contributed by atoms with E-state index in [0.717, 1.165) is 0 Å². The van der Waals surface area contributed by atoms with E-state index < -0.39 is 60.2 Å². The molecule has 184 valence electrons. The summed E-state index contributed by atoms with van der Waals surface area (Å²) < 4.78 is 0. The SMILES string of the molecule is CCC(C)C(NC(=O)C(CS)NC(=O)C(CC(N)=O)NC(=O)C(N)CCCCN)C(=O)O. The Bertz CT molecular complexity index is 664. The fraction of sp³-hybridized carbons (Fsp3) is 0.737. The fourth-order valence-corrected chi connectivity index (χ4v) is 2.99. The average Bonchev–Trinajstić information content (AvgIpc) is 2.73. The first-order chi connectivity index (χ1) is 15.0. The number of rotatable bonds is 16. The highest BCUT2D eigenvalue weighted by Gasteiger charge is 2.31. The molecule has 0 aromatic heterocycles. The van der Waals surface area contributed by atoms with Crippen molar-refractivity contribution in [2.45, 2.75) is 70.1 Å². The van der Waals surface area contributed by atoms with E-state index in [9.17, 15) is 29.1 Å². The van der Waals surface area contributed by atoms with Gasteiger partial charge in [-0.25, -0.2) is 4.79 Å². The van der Waals surface area contributed by atoms with Gasteiger partial charge in [0.25, 0.3) is 0 Å². The number of nitrogens with one attached hydrogen (secondary N) is 3. The number of hydrogen-bond acceptors (Lipinski definition) is 8. The minimum absolute atomic E-state index is 0.153. The second-order valence-electron chi connectivity index (χ2n) is 7.58. The molecular weight excluding hydrogens is 440 g/mol. The van der Waals surface area contributed by atoms with Crippen LogP contribution in [0.5, 0.6) is 0 Å². The molecule has 0 aromatic rings. The van der Waals surface area contributed by atoms with Gasteiger partial charge in [-0.05, 0) is 25.3 Å². The van der Waals surface area contributed by atoms with Crippen molar-refractivity contribution in [1.29, 1.82) is 0 Å². The highest BCUT2D eigenvalue weighted by molar-refractivity contribution is 7.80. The lowest BCUT2D eigenvalue weighted by atomic mass is 9.99. The third-order valence-electron chi connectivity index (χ3n) is 4.94. The molecule has 0 heterocycles. The molecule has 32 heavy (non-hydrogen) atoms. The molecule has 0 aliphatic carbocycles. The Morgan fingerprint density at radius 2 is 1.53 bits per heavy atom. The summed E-state index contributed by atoms with van der Waals surface area (Å²) in [5, 5.41) is 16.5. The van der Waals surface area contributed by atoms with Crippen LogP contribution in [0, 0.1) is 5.92 Å². The summed E-state index contributed by atoms with van der Waals surface area (Å²) in [6.45, 7) is 3.90. The summed E-state index contributed by atoms with van der Waals surface area (Å²) in [6, 6.07) is -4.64. The number of carboxylic acid groups (broad SMARTS) is 1. The first kappa shape index (κ1) is 29.6. The summed E-state index contributed by atoms with van der Waals surface area (Å²) >= 11 is 4.03. The lowest BCUT2D eigenvalue weighted by molar-refractivity contribution is -0.143. The Kier molecular flexibility index (Phi) is 14.3. The number of unbranched alkanes of at least 4 members (excludes halogenated alkanes) is 1. The molecule has 5 unspecified atom stereocenters. The summed E-state index contributed by atoms with van der Waals surface area (Å²) in [4.78, 5) is 60.3. The van der Waals surface area contributed by atoms with Crippen LogP contribution in [0.2, 0.25) is 0 Å². The number of amides is 4. The molecule has 0 saturated carbocycles. The summed E-state index contributed by atoms with van der Waals surface area (Å²) in [5.74, 6) is -4.83. The highest BCUT2D eigenvalue weighted by atomic mass is 32.1. The van der Waals surface area contributed by atoms with Gasteiger partial charge >= 0.3 is 5.97 Å². The first-order valence-electron chi connectivity index (χ1n) is 10.5. The summed E-state index contributed by atoms with van der Waals surface area (Å²) in [6.07, 6.45) is 1.62. The number of thiol groups is 1. The molecule has 0 fully saturated rings. The van der Waals surface area contributed by atoms with E-state index in [1.165, 1.54) is 0 Å². The van der Waals surface area contributed by atoms with Gasteiger partial charge in [-0.2, -0.15) is 12.6 Å². The van der Waals surface area contributed by atoms with Gasteiger partial charge in [0.2, 0.25) is 23.6 Å². The van der Waals surface area contributed by atoms with Crippen LogP contribution in [0.15, 0.2) is 0 Å². The van der Waals surface area contributed by atoms with Crippen molar-refractivity contribution in [3.8, 4) is 0 Å². The molecule has 0 bridgehead atoms. The van der Waals surface area contributed by atoms with Gasteiger partial charge < -0.3 is 38.3 Å². The van der Waals surface area contributed by atoms with Crippen molar-refractivity contribution in [1.82, 2.24) is 16.0 Å². The van der Waals surface area contributed by atoms with E-state index in [1.807, 2.05) is 0 Å². The van der Waals surface area contributed by atoms with Crippen LogP contribution in [0.1, 0.15) is 46.0 Å². The second-order valence-corrected chi connectivity index (χ2v) is 7.94. The second kappa shape index (κ2) is 15.4. The Morgan fingerprint density at radius 3 is 2.00 bits per heavy atom. The van der Waals surface area contributed by atoms with Gasteiger partial charge in [0, 0.05) is 5.75 Å². The van der Waals surface area contributed by atoms with Crippen molar-refractivity contribution in [3.63, 3.8) is 0 Å². The van der Waals surface area contributed by atoms with Crippen LogP contribution in [-0.2, 0) is 24.0 Å². The Balaban J connectivity index is 5.22. The molecule has 0 aromatic carbocycles. The van der Waals surface area contributed by atoms with Crippen molar-refractivity contribution >= 4 is 42.2 Å². The average molecular weight is 477 g/mol. The van der Waals surface area contributed by atoms with Crippen LogP contribution >= 0.6 is 12.6 Å². The molecule has 10 N–H and O–H groups in total. The first-order valence-corrected chi connectivity index (χ1v) is 11.1. The third-order valence-corrected chi connectivity index (χ3v) is 5.30. The normalized spacial score (nSPS) is 15.5. The Labute approximate surface area is 193 Å². The van der Waals surface area contributed by atoms with Crippen molar-refractivity contribution in [2.24, 2.45) is 23.1 Å². The molecule has 4 amide bonds. The molecule has 0 spiro atoms. The van der Waals surface area contributed by atoms with Crippen LogP contribution in [0.25, 0.3) is 0 Å². The summed E-state index contributed by atoms with van der Waals surface area (Å²) in [5.41, 5.74) is 16.4. The molecule has 5 atom stereocenters. The fourth-order valence-electron chi connectivity index (χ4n) is 2.73. The van der Waals surface area contributed by atoms with Gasteiger partial charge in [-0.1, -0.05) is 26.7 Å². The maximum absolute atomic E-state index is 12.7. The predicted octanol–water partition coefficient (Wildman–Crippen LogP) is -2.17. The lowest BCUT2D eigenvalue weighted by Gasteiger charge is -2.25. The standard InChI is InChI=1S/C19H36N6O6S/c1-3-10(2)15(19(30)31)25-18(29)13(9-32)24-17(28)12(8-14(22)26)23-16(27)11(21)6-4-5-7-20/h10-13,15,32H,3-9,20-21H2,1-2H3,(H2,22,26)(H,23,27)(H,24,28)(H,25,29)(H,30,31). The lowest BCUT2D eigenvalue weighted by Crippen LogP contribution is -2.58. The van der Waals surface area contributed by atoms with Crippen molar-refractivity contribution < 1.29 is 29.1 Å². The zero-order valence-corrected chi connectivity index (χ0v) is 19.4. The Morgan fingerprint density at radius 1 is 0.969 bits per heavy atom. The highest BCUT2D eigenvalue weighted by Crippen LogP contribution is 2.08. The molecular formula is C19H36N6O6S. The van der Waals surface area contributed by atoms with Crippen molar-refractivity contribution in [3.05, 3.63) is 0 Å². The van der Waals surface area contributed by atoms with Crippen LogP contribution < -0.4 is 33.2 Å². The maximum atomic E-state index is 12.7. The quantitative estimate of drug-likeness (QED) is 0.0902. The van der Waals surface area contributed by atoms with E-state index in [0.29, 0.717) is 32.2 Å². The third kappa shape index (κ3) is 10.8. The summed E-state index contributed by atoms with van der Waals surface area (Å²) in [7, 11) is 0. The van der Waals surface area contributed by atoms with Gasteiger partial charge in [0.1, 0.15) is 18.1 Å². The van der Waals surface area contributed by atoms with E-state index in [4.69, 9.17) is 17.2 Å². The Hall–Kier alpha value is -2.38. The molecule has 0 aliphatic rings. The monoisotopic (exact) mass is 476 g/mol. The number of nitrogens with two attached hydrogens (primary N) is 3. The van der Waals surface area contributed by atoms with Gasteiger partial charge in [0.15, 0.2) is 0 Å². The molecule has 0 rings (SSSR count). The number of carboxylic acids is 1. The van der Waals surface area contributed by atoms with Gasteiger partial charge in [0.05, 0.1) is 12.5 Å². The van der Waals surface area contributed by atoms with Crippen LogP contribution in [0.3, 0.4) is 0 Å². The van der Waals surface area contributed by atoms with E-state index in [1.54, 1.807) is 13.8 Å². The minimum Gasteiger partial charge on any atom is -0.480 e. The van der Waals surface area contributed by atoms with Crippen LogP contribution in [0.4, 0.5) is 0 Å². The van der Waals surface area contributed by atoms with Crippen LogP contribution in [-0.4, -0.2) is 71.2 Å². The van der Waals surface area contributed by atoms with Crippen molar-refractivity contribution in [2.75, 3.05) is 12.3 Å². The zero-order chi connectivity index (χ0) is 24.8. The van der Waals surface area contributed by atoms with E-state index in [-0.39, 0.29) is 11.7 Å². The van der Waals surface area contributed by atoms with E-state index >= 15 is 0 Å². The predicted molar refractivity (Wildman–Crippen MR) is 121 cm³/mol. The zero-order valence-electron chi connectivity index (χ0n) is 18.5. The maximum Gasteiger partial charge on any atom is 0.326 e. The number of carbonyl (C=O) groups excluding carboxylic acids is 4. The number of carbonyl (C=O) groups is 5. The smallest absolute Gasteiger partial charge is 0.326 e. The van der Waals surface area contributed by atoms with E-state index in [2.05, 4.69) is 28.6 Å². The van der Waals surface area contributed by atoms with Gasteiger partial charge in [-0.3, -0.25) is 19.2 Å². The minimum atomic E-state index is -1.36. The molecule has 0 radical (unpaired) electrons. The number of hydrogen-bond donors (Lipinski definition) is 8. The number of aliphatic carboxylic acids is 1. The molecule has 13 heteroatoms. The topological polar surface area (TPSA) is 220 Å². The number of primary amides is 1.